The van der Waals surface area contributed by atoms with Crippen molar-refractivity contribution in [3.63, 3.8) is 0 Å². The number of nitriles is 1. The molecule has 25 heavy (non-hydrogen) atoms. The fourth-order valence-corrected chi connectivity index (χ4v) is 2.39. The number of aromatic nitrogens is 1. The standard InChI is InChI=1S/C19H16N4O2/c1-13(25-16-7-5-14(12-20)6-8-16)19(24)11-15-10-18(23-22-15)17-4-2-3-9-21-17/h2-9,13H,10-11H2,1H3. The molecule has 0 amide bonds. The van der Waals surface area contributed by atoms with Crippen molar-refractivity contribution in [1.82, 2.24) is 4.98 Å². The highest BCUT2D eigenvalue weighted by Gasteiger charge is 2.22. The minimum absolute atomic E-state index is 0.0689. The van der Waals surface area contributed by atoms with Gasteiger partial charge in [-0.3, -0.25) is 9.78 Å². The molecule has 2 heterocycles. The molecule has 1 aliphatic rings. The molecule has 0 N–H and O–H groups in total. The van der Waals surface area contributed by atoms with Gasteiger partial charge in [-0.2, -0.15) is 15.5 Å². The number of carbonyl (C=O) groups is 1. The highest BCUT2D eigenvalue weighted by atomic mass is 16.5. The molecular formula is C19H16N4O2. The molecule has 1 atom stereocenters. The third-order valence-corrected chi connectivity index (χ3v) is 3.77. The van der Waals surface area contributed by atoms with Crippen LogP contribution in [0.3, 0.4) is 0 Å². The normalized spacial score (nSPS) is 14.2. The van der Waals surface area contributed by atoms with Gasteiger partial charge in [0.2, 0.25) is 0 Å². The fraction of sp³-hybridized carbons (Fsp3) is 0.211. The van der Waals surface area contributed by atoms with E-state index in [1.807, 2.05) is 24.3 Å². The maximum Gasteiger partial charge on any atom is 0.178 e. The van der Waals surface area contributed by atoms with Crippen LogP contribution in [0.4, 0.5) is 0 Å². The van der Waals surface area contributed by atoms with Crippen LogP contribution in [0.2, 0.25) is 0 Å². The Labute approximate surface area is 145 Å². The SMILES string of the molecule is CC(Oc1ccc(C#N)cc1)C(=O)CC1=NN=C(c2ccccn2)C1. The molecular weight excluding hydrogens is 316 g/mol. The molecule has 0 spiro atoms. The summed E-state index contributed by atoms with van der Waals surface area (Å²) in [4.78, 5) is 16.6. The Bertz CT molecular complexity index is 865. The molecule has 2 aromatic rings. The number of nitrogens with zero attached hydrogens (tertiary/aromatic N) is 4. The molecule has 0 aliphatic carbocycles. The van der Waals surface area contributed by atoms with Crippen LogP contribution in [-0.2, 0) is 4.79 Å². The average molecular weight is 332 g/mol. The number of hydrogen-bond donors (Lipinski definition) is 0. The van der Waals surface area contributed by atoms with Crippen molar-refractivity contribution in [1.29, 1.82) is 5.26 Å². The van der Waals surface area contributed by atoms with Crippen molar-refractivity contribution in [3.05, 3.63) is 59.9 Å². The van der Waals surface area contributed by atoms with E-state index in [4.69, 9.17) is 10.00 Å². The van der Waals surface area contributed by atoms with Crippen LogP contribution in [-0.4, -0.2) is 28.3 Å². The van der Waals surface area contributed by atoms with Crippen LogP contribution in [0.15, 0.2) is 58.9 Å². The quantitative estimate of drug-likeness (QED) is 0.813. The molecule has 1 aliphatic heterocycles. The summed E-state index contributed by atoms with van der Waals surface area (Å²) in [6.45, 7) is 1.70. The van der Waals surface area contributed by atoms with Gasteiger partial charge in [0.05, 0.1) is 35.2 Å². The largest absolute Gasteiger partial charge is 0.483 e. The number of ether oxygens (including phenoxy) is 1. The van der Waals surface area contributed by atoms with E-state index >= 15 is 0 Å². The molecule has 1 aromatic carbocycles. The Morgan fingerprint density at radius 2 is 2.04 bits per heavy atom. The van der Waals surface area contributed by atoms with Crippen molar-refractivity contribution in [3.8, 4) is 11.8 Å². The lowest BCUT2D eigenvalue weighted by atomic mass is 10.0. The lowest BCUT2D eigenvalue weighted by molar-refractivity contribution is -0.123. The highest BCUT2D eigenvalue weighted by Crippen LogP contribution is 2.16. The molecule has 0 saturated heterocycles. The van der Waals surface area contributed by atoms with E-state index < -0.39 is 6.10 Å². The second kappa shape index (κ2) is 7.49. The molecule has 3 rings (SSSR count). The topological polar surface area (TPSA) is 87.7 Å². The summed E-state index contributed by atoms with van der Waals surface area (Å²) in [5.74, 6) is 0.485. The van der Waals surface area contributed by atoms with E-state index in [1.165, 1.54) is 0 Å². The summed E-state index contributed by atoms with van der Waals surface area (Å²) in [6, 6.07) is 14.3. The fourth-order valence-electron chi connectivity index (χ4n) is 2.39. The second-order valence-corrected chi connectivity index (χ2v) is 5.64. The first-order chi connectivity index (χ1) is 12.2. The van der Waals surface area contributed by atoms with Crippen LogP contribution in [0, 0.1) is 11.3 Å². The highest BCUT2D eigenvalue weighted by molar-refractivity contribution is 6.18. The van der Waals surface area contributed by atoms with Gasteiger partial charge in [0.15, 0.2) is 11.9 Å². The number of Topliss-reactive ketones (excluding diaryl/α,β-unsaturated/α-hetero) is 1. The van der Waals surface area contributed by atoms with E-state index in [-0.39, 0.29) is 12.2 Å². The number of rotatable bonds is 6. The van der Waals surface area contributed by atoms with Gasteiger partial charge < -0.3 is 4.74 Å². The van der Waals surface area contributed by atoms with Crippen molar-refractivity contribution in [2.75, 3.05) is 0 Å². The summed E-state index contributed by atoms with van der Waals surface area (Å²) in [5, 5.41) is 17.0. The summed E-state index contributed by atoms with van der Waals surface area (Å²) in [7, 11) is 0. The monoisotopic (exact) mass is 332 g/mol. The Morgan fingerprint density at radius 3 is 2.72 bits per heavy atom. The van der Waals surface area contributed by atoms with Crippen molar-refractivity contribution in [2.24, 2.45) is 10.2 Å². The van der Waals surface area contributed by atoms with E-state index in [2.05, 4.69) is 15.2 Å². The Hall–Kier alpha value is -3.33. The van der Waals surface area contributed by atoms with Crippen LogP contribution < -0.4 is 4.74 Å². The van der Waals surface area contributed by atoms with Crippen LogP contribution >= 0.6 is 0 Å². The molecule has 0 fully saturated rings. The zero-order valence-corrected chi connectivity index (χ0v) is 13.7. The minimum atomic E-state index is -0.602. The summed E-state index contributed by atoms with van der Waals surface area (Å²) in [6.07, 6.45) is 1.81. The van der Waals surface area contributed by atoms with Crippen molar-refractivity contribution >= 4 is 17.2 Å². The summed E-state index contributed by atoms with van der Waals surface area (Å²) < 4.78 is 5.63. The lowest BCUT2D eigenvalue weighted by Gasteiger charge is -2.13. The molecule has 0 radical (unpaired) electrons. The number of ketones is 1. The van der Waals surface area contributed by atoms with Crippen molar-refractivity contribution < 1.29 is 9.53 Å². The maximum atomic E-state index is 12.3. The van der Waals surface area contributed by atoms with Gasteiger partial charge in [-0.05, 0) is 43.3 Å². The molecule has 1 aromatic heterocycles. The van der Waals surface area contributed by atoms with Gasteiger partial charge in [-0.15, -0.1) is 0 Å². The first-order valence-corrected chi connectivity index (χ1v) is 7.89. The smallest absolute Gasteiger partial charge is 0.178 e. The van der Waals surface area contributed by atoms with Gasteiger partial charge in [0, 0.05) is 12.6 Å². The number of hydrogen-bond acceptors (Lipinski definition) is 6. The van der Waals surface area contributed by atoms with Crippen molar-refractivity contribution in [2.45, 2.75) is 25.9 Å². The lowest BCUT2D eigenvalue weighted by Crippen LogP contribution is -2.26. The Kier molecular flexibility index (Phi) is 4.95. The molecule has 0 bridgehead atoms. The number of pyridine rings is 1. The summed E-state index contributed by atoms with van der Waals surface area (Å²) in [5.41, 5.74) is 2.80. The predicted molar refractivity (Wildman–Crippen MR) is 93.7 cm³/mol. The zero-order chi connectivity index (χ0) is 17.6. The number of benzene rings is 1. The average Bonchev–Trinajstić information content (AvgIpc) is 3.11. The molecule has 1 unspecified atom stereocenters. The summed E-state index contributed by atoms with van der Waals surface area (Å²) >= 11 is 0. The van der Waals surface area contributed by atoms with Crippen LogP contribution in [0.1, 0.15) is 31.0 Å². The van der Waals surface area contributed by atoms with Gasteiger partial charge >= 0.3 is 0 Å². The van der Waals surface area contributed by atoms with Gasteiger partial charge in [-0.25, -0.2) is 0 Å². The van der Waals surface area contributed by atoms with Gasteiger partial charge in [0.25, 0.3) is 0 Å². The molecule has 0 saturated carbocycles. The zero-order valence-electron chi connectivity index (χ0n) is 13.7. The predicted octanol–water partition coefficient (Wildman–Crippen LogP) is 2.93. The van der Waals surface area contributed by atoms with E-state index in [0.29, 0.717) is 23.4 Å². The molecule has 6 heteroatoms. The maximum absolute atomic E-state index is 12.3. The van der Waals surface area contributed by atoms with E-state index in [1.54, 1.807) is 37.4 Å². The third-order valence-electron chi connectivity index (χ3n) is 3.77. The van der Waals surface area contributed by atoms with E-state index in [0.717, 1.165) is 11.4 Å². The Balaban J connectivity index is 1.53. The first-order valence-electron chi connectivity index (χ1n) is 7.89. The van der Waals surface area contributed by atoms with Gasteiger partial charge in [-0.1, -0.05) is 6.07 Å². The molecule has 6 nitrogen and oxygen atoms in total. The van der Waals surface area contributed by atoms with Crippen LogP contribution in [0.25, 0.3) is 0 Å². The van der Waals surface area contributed by atoms with Crippen LogP contribution in [0.5, 0.6) is 5.75 Å². The third kappa shape index (κ3) is 4.15. The second-order valence-electron chi connectivity index (χ2n) is 5.64. The van der Waals surface area contributed by atoms with Gasteiger partial charge in [0.1, 0.15) is 5.75 Å². The number of carbonyl (C=O) groups excluding carboxylic acids is 1. The molecule has 124 valence electrons. The Morgan fingerprint density at radius 1 is 1.24 bits per heavy atom. The minimum Gasteiger partial charge on any atom is -0.483 e. The first kappa shape index (κ1) is 16.5. The van der Waals surface area contributed by atoms with E-state index in [9.17, 15) is 4.79 Å².